The molecule has 2 aromatic carbocycles. The van der Waals surface area contributed by atoms with Crippen LogP contribution in [-0.2, 0) is 6.54 Å². The molecule has 0 saturated carbocycles. The van der Waals surface area contributed by atoms with Gasteiger partial charge in [-0.05, 0) is 52.0 Å². The summed E-state index contributed by atoms with van der Waals surface area (Å²) in [6.07, 6.45) is 1.87. The van der Waals surface area contributed by atoms with Gasteiger partial charge in [0.2, 0.25) is 5.28 Å². The standard InChI is InChI=1S/C21H20BrCl2FN3O2P/c1-29-13-4-3-12(16(9-13)30-2)11-28-5-7-31(8-6-28)20-14-10-15(23)17(22)18(25)19(14)26-21(24)27-20/h3-4,9-10H,5-8,11H2,1-2H3. The Morgan fingerprint density at radius 3 is 2.55 bits per heavy atom. The molecule has 0 bridgehead atoms. The molecule has 0 radical (unpaired) electrons. The lowest BCUT2D eigenvalue weighted by molar-refractivity contribution is 0.285. The quantitative estimate of drug-likeness (QED) is 0.241. The van der Waals surface area contributed by atoms with Crippen molar-refractivity contribution in [1.29, 1.82) is 0 Å². The number of fused-ring (bicyclic) bond motifs is 1. The molecule has 0 spiro atoms. The van der Waals surface area contributed by atoms with E-state index in [1.165, 1.54) is 0 Å². The van der Waals surface area contributed by atoms with Gasteiger partial charge in [0.15, 0.2) is 5.82 Å². The van der Waals surface area contributed by atoms with E-state index in [-0.39, 0.29) is 15.3 Å². The van der Waals surface area contributed by atoms with Gasteiger partial charge in [-0.1, -0.05) is 25.6 Å². The third-order valence-electron chi connectivity index (χ3n) is 5.34. The first-order chi connectivity index (χ1) is 14.9. The number of nitrogens with zero attached hydrogens (tertiary/aromatic N) is 3. The maximum atomic E-state index is 14.7. The van der Waals surface area contributed by atoms with E-state index in [1.807, 2.05) is 18.2 Å². The normalized spacial score (nSPS) is 15.4. The second kappa shape index (κ2) is 9.72. The summed E-state index contributed by atoms with van der Waals surface area (Å²) in [7, 11) is 2.70. The van der Waals surface area contributed by atoms with E-state index in [1.54, 1.807) is 20.3 Å². The van der Waals surface area contributed by atoms with Crippen molar-refractivity contribution < 1.29 is 13.9 Å². The monoisotopic (exact) mass is 545 g/mol. The van der Waals surface area contributed by atoms with Crippen LogP contribution in [0.4, 0.5) is 4.39 Å². The number of aromatic nitrogens is 2. The highest BCUT2D eigenvalue weighted by atomic mass is 79.9. The van der Waals surface area contributed by atoms with Gasteiger partial charge in [-0.3, -0.25) is 4.90 Å². The largest absolute Gasteiger partial charge is 0.497 e. The third-order valence-corrected chi connectivity index (χ3v) is 9.23. The molecule has 1 aliphatic heterocycles. The molecule has 0 atom stereocenters. The summed E-state index contributed by atoms with van der Waals surface area (Å²) in [5.74, 6) is 1.08. The molecule has 0 amide bonds. The molecule has 1 aliphatic rings. The van der Waals surface area contributed by atoms with Crippen molar-refractivity contribution in [3.05, 3.63) is 50.4 Å². The van der Waals surface area contributed by atoms with Gasteiger partial charge in [-0.15, -0.1) is 0 Å². The lowest BCUT2D eigenvalue weighted by Gasteiger charge is -2.32. The van der Waals surface area contributed by atoms with Crippen LogP contribution < -0.4 is 14.9 Å². The molecule has 1 saturated heterocycles. The van der Waals surface area contributed by atoms with Crippen molar-refractivity contribution in [3.8, 4) is 11.5 Å². The Balaban J connectivity index is 1.54. The zero-order valence-corrected chi connectivity index (χ0v) is 21.0. The van der Waals surface area contributed by atoms with Crippen LogP contribution in [0.2, 0.25) is 10.3 Å². The number of halogens is 4. The van der Waals surface area contributed by atoms with Crippen LogP contribution in [0.5, 0.6) is 11.5 Å². The van der Waals surface area contributed by atoms with Crippen LogP contribution in [0.3, 0.4) is 0 Å². The Hall–Kier alpha value is -1.24. The Morgan fingerprint density at radius 2 is 1.87 bits per heavy atom. The molecule has 10 heteroatoms. The molecule has 5 nitrogen and oxygen atoms in total. The van der Waals surface area contributed by atoms with E-state index in [2.05, 4.69) is 30.8 Å². The van der Waals surface area contributed by atoms with Crippen LogP contribution in [0, 0.1) is 5.82 Å². The van der Waals surface area contributed by atoms with Crippen molar-refractivity contribution in [2.45, 2.75) is 6.54 Å². The molecular weight excluding hydrogens is 527 g/mol. The first-order valence-electron chi connectivity index (χ1n) is 9.60. The van der Waals surface area contributed by atoms with Gasteiger partial charge in [0, 0.05) is 36.7 Å². The molecule has 0 N–H and O–H groups in total. The van der Waals surface area contributed by atoms with Crippen molar-refractivity contribution >= 4 is 63.4 Å². The van der Waals surface area contributed by atoms with Crippen LogP contribution >= 0.6 is 47.1 Å². The molecule has 0 aliphatic carbocycles. The fraction of sp³-hybridized carbons (Fsp3) is 0.333. The number of benzene rings is 2. The summed E-state index contributed by atoms with van der Waals surface area (Å²) in [4.78, 5) is 11.0. The summed E-state index contributed by atoms with van der Waals surface area (Å²) in [6.45, 7) is 2.59. The second-order valence-electron chi connectivity index (χ2n) is 7.14. The number of hydrogen-bond donors (Lipinski definition) is 0. The average Bonchev–Trinajstić information content (AvgIpc) is 2.78. The fourth-order valence-electron chi connectivity index (χ4n) is 3.71. The lowest BCUT2D eigenvalue weighted by atomic mass is 10.1. The van der Waals surface area contributed by atoms with Gasteiger partial charge >= 0.3 is 0 Å². The van der Waals surface area contributed by atoms with E-state index in [0.29, 0.717) is 10.4 Å². The summed E-state index contributed by atoms with van der Waals surface area (Å²) in [5.41, 5.74) is 2.14. The number of ether oxygens (including phenoxy) is 2. The lowest BCUT2D eigenvalue weighted by Crippen LogP contribution is -2.35. The molecule has 4 rings (SSSR count). The minimum atomic E-state index is -0.607. The van der Waals surface area contributed by atoms with Crippen LogP contribution in [0.1, 0.15) is 5.56 Å². The highest BCUT2D eigenvalue weighted by Gasteiger charge is 2.26. The molecular formula is C21H20BrCl2FN3O2P. The zero-order chi connectivity index (χ0) is 22.1. The van der Waals surface area contributed by atoms with E-state index in [0.717, 1.165) is 54.5 Å². The van der Waals surface area contributed by atoms with Crippen molar-refractivity contribution in [2.24, 2.45) is 0 Å². The number of rotatable bonds is 5. The average molecular weight is 547 g/mol. The summed E-state index contributed by atoms with van der Waals surface area (Å²) < 4.78 is 25.7. The van der Waals surface area contributed by atoms with Gasteiger partial charge in [0.05, 0.1) is 29.1 Å². The maximum absolute atomic E-state index is 14.7. The molecule has 0 unspecified atom stereocenters. The maximum Gasteiger partial charge on any atom is 0.223 e. The predicted octanol–water partition coefficient (Wildman–Crippen LogP) is 5.48. The Labute approximate surface area is 199 Å². The Kier molecular flexibility index (Phi) is 7.19. The smallest absolute Gasteiger partial charge is 0.223 e. The number of methoxy groups -OCH3 is 2. The molecule has 31 heavy (non-hydrogen) atoms. The third kappa shape index (κ3) is 4.76. The molecule has 1 aromatic heterocycles. The van der Waals surface area contributed by atoms with Gasteiger partial charge in [0.25, 0.3) is 0 Å². The Bertz CT molecular complexity index is 1130. The summed E-state index contributed by atoms with van der Waals surface area (Å²) in [6, 6.07) is 7.61. The van der Waals surface area contributed by atoms with Crippen LogP contribution in [0.25, 0.3) is 10.9 Å². The Morgan fingerprint density at radius 1 is 1.13 bits per heavy atom. The number of hydrogen-bond acceptors (Lipinski definition) is 5. The topological polar surface area (TPSA) is 47.5 Å². The minimum absolute atomic E-state index is 0.0588. The SMILES string of the molecule is COc1ccc(CN2CCP(c3nc(Cl)nc4c(F)c(Br)c(Cl)cc34)CC2)c(OC)c1. The van der Waals surface area contributed by atoms with E-state index in [9.17, 15) is 4.39 Å². The molecule has 2 heterocycles. The summed E-state index contributed by atoms with van der Waals surface area (Å²) >= 11 is 15.5. The van der Waals surface area contributed by atoms with Gasteiger partial charge < -0.3 is 9.47 Å². The predicted molar refractivity (Wildman–Crippen MR) is 128 cm³/mol. The van der Waals surface area contributed by atoms with Gasteiger partial charge in [-0.2, -0.15) is 0 Å². The van der Waals surface area contributed by atoms with Gasteiger partial charge in [0.1, 0.15) is 17.0 Å². The van der Waals surface area contributed by atoms with Crippen molar-refractivity contribution in [1.82, 2.24) is 14.9 Å². The second-order valence-corrected chi connectivity index (χ2v) is 11.1. The molecule has 3 aromatic rings. The molecule has 164 valence electrons. The van der Waals surface area contributed by atoms with E-state index in [4.69, 9.17) is 32.7 Å². The van der Waals surface area contributed by atoms with Crippen molar-refractivity contribution in [2.75, 3.05) is 39.6 Å². The van der Waals surface area contributed by atoms with E-state index < -0.39 is 13.7 Å². The van der Waals surface area contributed by atoms with Gasteiger partial charge in [-0.25, -0.2) is 14.4 Å². The first-order valence-corrected chi connectivity index (χ1v) is 12.9. The highest BCUT2D eigenvalue weighted by molar-refractivity contribution is 9.10. The summed E-state index contributed by atoms with van der Waals surface area (Å²) in [5, 5.41) is 1.01. The minimum Gasteiger partial charge on any atom is -0.497 e. The zero-order valence-electron chi connectivity index (χ0n) is 17.0. The molecule has 1 fully saturated rings. The van der Waals surface area contributed by atoms with Crippen LogP contribution in [0.15, 0.2) is 28.7 Å². The first kappa shape index (κ1) is 22.9. The van der Waals surface area contributed by atoms with Crippen molar-refractivity contribution in [3.63, 3.8) is 0 Å². The fourth-order valence-corrected chi connectivity index (χ4v) is 6.88. The van der Waals surface area contributed by atoms with Crippen LogP contribution in [-0.4, -0.2) is 54.5 Å². The van der Waals surface area contributed by atoms with E-state index >= 15 is 0 Å². The highest BCUT2D eigenvalue weighted by Crippen LogP contribution is 2.41.